The molecule has 1 saturated heterocycles. The Hall–Kier alpha value is -2.04. The quantitative estimate of drug-likeness (QED) is 0.924. The lowest BCUT2D eigenvalue weighted by atomic mass is 10.1. The third-order valence-corrected chi connectivity index (χ3v) is 3.66. The molecule has 0 radical (unpaired) electrons. The number of aryl methyl sites for hydroxylation is 1. The third-order valence-electron chi connectivity index (χ3n) is 3.66. The zero-order valence-corrected chi connectivity index (χ0v) is 13.7. The van der Waals surface area contributed by atoms with Crippen molar-refractivity contribution < 1.29 is 14.3 Å². The van der Waals surface area contributed by atoms with Crippen LogP contribution in [-0.2, 0) is 9.59 Å². The van der Waals surface area contributed by atoms with E-state index in [0.29, 0.717) is 18.7 Å². The number of ether oxygens (including phenoxy) is 1. The predicted molar refractivity (Wildman–Crippen MR) is 84.7 cm³/mol. The van der Waals surface area contributed by atoms with Crippen LogP contribution in [0.15, 0.2) is 24.3 Å². The lowest BCUT2D eigenvalue weighted by Gasteiger charge is -2.32. The second-order valence-electron chi connectivity index (χ2n) is 6.75. The Balaban J connectivity index is 1.82. The van der Waals surface area contributed by atoms with Gasteiger partial charge in [0.15, 0.2) is 6.61 Å². The van der Waals surface area contributed by atoms with Gasteiger partial charge < -0.3 is 15.0 Å². The first-order valence-corrected chi connectivity index (χ1v) is 7.55. The van der Waals surface area contributed by atoms with Crippen LogP contribution in [0.5, 0.6) is 5.75 Å². The Kier molecular flexibility index (Phi) is 4.74. The second kappa shape index (κ2) is 6.38. The van der Waals surface area contributed by atoms with Crippen molar-refractivity contribution >= 4 is 11.8 Å². The van der Waals surface area contributed by atoms with Gasteiger partial charge in [-0.1, -0.05) is 12.1 Å². The van der Waals surface area contributed by atoms with Gasteiger partial charge in [0.1, 0.15) is 5.75 Å². The van der Waals surface area contributed by atoms with Gasteiger partial charge in [-0.25, -0.2) is 0 Å². The van der Waals surface area contributed by atoms with Gasteiger partial charge in [-0.2, -0.15) is 0 Å². The maximum absolute atomic E-state index is 12.0. The molecule has 1 N–H and O–H groups in total. The van der Waals surface area contributed by atoms with E-state index in [1.807, 2.05) is 52.0 Å². The van der Waals surface area contributed by atoms with E-state index in [0.717, 1.165) is 5.56 Å². The van der Waals surface area contributed by atoms with E-state index in [-0.39, 0.29) is 30.0 Å². The topological polar surface area (TPSA) is 58.6 Å². The summed E-state index contributed by atoms with van der Waals surface area (Å²) in [6.45, 7) is 8.47. The summed E-state index contributed by atoms with van der Waals surface area (Å²) in [4.78, 5) is 25.7. The monoisotopic (exact) mass is 304 g/mol. The molecule has 1 atom stereocenters. The third kappa shape index (κ3) is 4.23. The van der Waals surface area contributed by atoms with E-state index in [1.165, 1.54) is 0 Å². The molecule has 2 rings (SSSR count). The van der Waals surface area contributed by atoms with Crippen LogP contribution in [0.2, 0.25) is 0 Å². The number of carbonyl (C=O) groups is 2. The van der Waals surface area contributed by atoms with Crippen molar-refractivity contribution in [3.05, 3.63) is 29.8 Å². The largest absolute Gasteiger partial charge is 0.484 e. The van der Waals surface area contributed by atoms with E-state index in [2.05, 4.69) is 5.32 Å². The number of benzene rings is 1. The Morgan fingerprint density at radius 1 is 1.41 bits per heavy atom. The lowest BCUT2D eigenvalue weighted by molar-refractivity contribution is -0.131. The average molecular weight is 304 g/mol. The van der Waals surface area contributed by atoms with Crippen molar-refractivity contribution in [1.82, 2.24) is 10.2 Å². The number of carbonyl (C=O) groups excluding carboxylic acids is 2. The molecule has 120 valence electrons. The van der Waals surface area contributed by atoms with Crippen LogP contribution in [0.1, 0.15) is 32.8 Å². The highest BCUT2D eigenvalue weighted by Crippen LogP contribution is 2.21. The summed E-state index contributed by atoms with van der Waals surface area (Å²) in [6, 6.07) is 7.42. The van der Waals surface area contributed by atoms with E-state index in [1.54, 1.807) is 4.90 Å². The van der Waals surface area contributed by atoms with Crippen molar-refractivity contribution in [2.75, 3.05) is 13.2 Å². The van der Waals surface area contributed by atoms with Gasteiger partial charge in [-0.15, -0.1) is 0 Å². The number of rotatable bonds is 4. The molecule has 1 aromatic rings. The maximum atomic E-state index is 12.0. The number of hydrogen-bond donors (Lipinski definition) is 1. The molecule has 0 saturated carbocycles. The first-order chi connectivity index (χ1) is 10.3. The number of nitrogens with one attached hydrogen (secondary N) is 1. The lowest BCUT2D eigenvalue weighted by Crippen LogP contribution is -2.45. The number of hydrogen-bond acceptors (Lipinski definition) is 3. The van der Waals surface area contributed by atoms with Gasteiger partial charge in [0.2, 0.25) is 5.91 Å². The standard InChI is InChI=1S/C17H24N2O3/c1-12-6-5-7-14(8-12)22-11-15(20)18-13-9-16(21)19(10-13)17(2,3)4/h5-8,13H,9-11H2,1-4H3,(H,18,20). The van der Waals surface area contributed by atoms with Gasteiger partial charge in [-0.05, 0) is 45.4 Å². The molecule has 5 nitrogen and oxygen atoms in total. The van der Waals surface area contributed by atoms with Gasteiger partial charge in [0.05, 0.1) is 6.04 Å². The van der Waals surface area contributed by atoms with Crippen LogP contribution in [-0.4, -0.2) is 41.4 Å². The summed E-state index contributed by atoms with van der Waals surface area (Å²) in [5.74, 6) is 0.557. The van der Waals surface area contributed by atoms with Gasteiger partial charge in [0, 0.05) is 18.5 Å². The molecule has 0 bridgehead atoms. The fraction of sp³-hybridized carbons (Fsp3) is 0.529. The van der Waals surface area contributed by atoms with E-state index < -0.39 is 0 Å². The number of amides is 2. The molecule has 1 fully saturated rings. The van der Waals surface area contributed by atoms with Crippen molar-refractivity contribution in [1.29, 1.82) is 0 Å². The molecule has 22 heavy (non-hydrogen) atoms. The molecule has 0 aliphatic carbocycles. The molecule has 1 aliphatic heterocycles. The Morgan fingerprint density at radius 3 is 2.73 bits per heavy atom. The zero-order valence-electron chi connectivity index (χ0n) is 13.7. The van der Waals surface area contributed by atoms with Crippen LogP contribution in [0.4, 0.5) is 0 Å². The smallest absolute Gasteiger partial charge is 0.258 e. The van der Waals surface area contributed by atoms with Crippen molar-refractivity contribution in [2.24, 2.45) is 0 Å². The minimum atomic E-state index is -0.214. The van der Waals surface area contributed by atoms with Crippen LogP contribution in [0.25, 0.3) is 0 Å². The molecule has 0 aromatic heterocycles. The first-order valence-electron chi connectivity index (χ1n) is 7.55. The summed E-state index contributed by atoms with van der Waals surface area (Å²) in [5.41, 5.74) is 0.870. The van der Waals surface area contributed by atoms with Gasteiger partial charge in [0.25, 0.3) is 5.91 Å². The summed E-state index contributed by atoms with van der Waals surface area (Å²) in [5, 5.41) is 2.87. The normalized spacial score (nSPS) is 18.5. The predicted octanol–water partition coefficient (Wildman–Crippen LogP) is 1.89. The van der Waals surface area contributed by atoms with Crippen LogP contribution in [0.3, 0.4) is 0 Å². The molecule has 1 aromatic carbocycles. The number of likely N-dealkylation sites (tertiary alicyclic amines) is 1. The molecule has 5 heteroatoms. The second-order valence-corrected chi connectivity index (χ2v) is 6.75. The van der Waals surface area contributed by atoms with Crippen molar-refractivity contribution in [2.45, 2.75) is 45.7 Å². The minimum absolute atomic E-state index is 0.0380. The first kappa shape index (κ1) is 16.3. The molecule has 1 unspecified atom stereocenters. The highest BCUT2D eigenvalue weighted by molar-refractivity contribution is 5.83. The molecular formula is C17H24N2O3. The zero-order chi connectivity index (χ0) is 16.3. The molecule has 2 amide bonds. The highest BCUT2D eigenvalue weighted by atomic mass is 16.5. The summed E-state index contributed by atoms with van der Waals surface area (Å²) >= 11 is 0. The minimum Gasteiger partial charge on any atom is -0.484 e. The summed E-state index contributed by atoms with van der Waals surface area (Å²) < 4.78 is 5.47. The van der Waals surface area contributed by atoms with E-state index in [9.17, 15) is 9.59 Å². The summed E-state index contributed by atoms with van der Waals surface area (Å²) in [6.07, 6.45) is 0.355. The van der Waals surface area contributed by atoms with Crippen molar-refractivity contribution in [3.63, 3.8) is 0 Å². The fourth-order valence-electron chi connectivity index (χ4n) is 2.58. The van der Waals surface area contributed by atoms with Crippen LogP contribution >= 0.6 is 0 Å². The molecule has 1 aliphatic rings. The SMILES string of the molecule is Cc1cccc(OCC(=O)NC2CC(=O)N(C(C)(C)C)C2)c1. The Labute approximate surface area is 131 Å². The van der Waals surface area contributed by atoms with E-state index >= 15 is 0 Å². The average Bonchev–Trinajstić information content (AvgIpc) is 2.77. The Bertz CT molecular complexity index is 563. The molecule has 0 spiro atoms. The fourth-order valence-corrected chi connectivity index (χ4v) is 2.58. The Morgan fingerprint density at radius 2 is 2.14 bits per heavy atom. The number of nitrogens with zero attached hydrogens (tertiary/aromatic N) is 1. The van der Waals surface area contributed by atoms with Crippen molar-refractivity contribution in [3.8, 4) is 5.75 Å². The van der Waals surface area contributed by atoms with E-state index in [4.69, 9.17) is 4.74 Å². The van der Waals surface area contributed by atoms with Crippen LogP contribution in [0, 0.1) is 6.92 Å². The van der Waals surface area contributed by atoms with Gasteiger partial charge >= 0.3 is 0 Å². The van der Waals surface area contributed by atoms with Gasteiger partial charge in [-0.3, -0.25) is 9.59 Å². The highest BCUT2D eigenvalue weighted by Gasteiger charge is 2.36. The maximum Gasteiger partial charge on any atom is 0.258 e. The van der Waals surface area contributed by atoms with Crippen LogP contribution < -0.4 is 10.1 Å². The molecule has 1 heterocycles. The summed E-state index contributed by atoms with van der Waals surface area (Å²) in [7, 11) is 0. The molecular weight excluding hydrogens is 280 g/mol.